The molecule has 36 heavy (non-hydrogen) atoms. The Hall–Kier alpha value is -2.38. The normalized spacial score (nSPS) is 25.8. The van der Waals surface area contributed by atoms with Crippen LogP contribution in [0.3, 0.4) is 0 Å². The molecule has 3 aliphatic rings. The van der Waals surface area contributed by atoms with Crippen LogP contribution < -0.4 is 5.32 Å². The van der Waals surface area contributed by atoms with E-state index in [2.05, 4.69) is 53.2 Å². The lowest BCUT2D eigenvalue weighted by Gasteiger charge is -2.47. The molecule has 2 heterocycles. The second kappa shape index (κ2) is 12.2. The third kappa shape index (κ3) is 6.48. The van der Waals surface area contributed by atoms with Gasteiger partial charge in [0.1, 0.15) is 0 Å². The summed E-state index contributed by atoms with van der Waals surface area (Å²) in [5.41, 5.74) is 3.81. The summed E-state index contributed by atoms with van der Waals surface area (Å²) in [6.45, 7) is 10.5. The standard InChI is InChI=1S/C29H45N5O2/c1-5-12-34-21-26(16-24-18-28(35)25(17-27(24)34)19-31(3)4)30-29(36)33(6-2)15-14-32-13-11-22-9-7-8-10-23(22)20-32/h7-10,19,24,26-27H,5-6,11-18,20-21H2,1-4H3,(H,30,36)/t24-,26+,27-/m1/s1. The van der Waals surface area contributed by atoms with Crippen molar-refractivity contribution in [3.8, 4) is 0 Å². The Kier molecular flexibility index (Phi) is 9.07. The molecular weight excluding hydrogens is 450 g/mol. The lowest BCUT2D eigenvalue weighted by molar-refractivity contribution is -0.119. The number of benzene rings is 1. The van der Waals surface area contributed by atoms with E-state index in [0.717, 1.165) is 70.5 Å². The van der Waals surface area contributed by atoms with Crippen molar-refractivity contribution in [2.24, 2.45) is 5.92 Å². The largest absolute Gasteiger partial charge is 0.383 e. The average Bonchev–Trinajstić information content (AvgIpc) is 2.85. The topological polar surface area (TPSA) is 59.1 Å². The van der Waals surface area contributed by atoms with Gasteiger partial charge in [0.25, 0.3) is 0 Å². The fourth-order valence-electron chi connectivity index (χ4n) is 6.30. The highest BCUT2D eigenvalue weighted by atomic mass is 16.2. The van der Waals surface area contributed by atoms with Gasteiger partial charge >= 0.3 is 6.03 Å². The number of fused-ring (bicyclic) bond motifs is 2. The van der Waals surface area contributed by atoms with Gasteiger partial charge in [-0.1, -0.05) is 31.2 Å². The number of ketones is 1. The third-order valence-electron chi connectivity index (χ3n) is 8.11. The summed E-state index contributed by atoms with van der Waals surface area (Å²) in [6.07, 6.45) is 6.45. The maximum atomic E-state index is 13.3. The fraction of sp³-hybridized carbons (Fsp3) is 0.655. The summed E-state index contributed by atoms with van der Waals surface area (Å²) in [6, 6.07) is 9.21. The molecule has 2 amide bonds. The molecular formula is C29H45N5O2. The van der Waals surface area contributed by atoms with Crippen LogP contribution in [0.1, 0.15) is 50.7 Å². The third-order valence-corrected chi connectivity index (χ3v) is 8.11. The van der Waals surface area contributed by atoms with Crippen LogP contribution in [0.15, 0.2) is 36.0 Å². The first-order valence-electron chi connectivity index (χ1n) is 13.9. The van der Waals surface area contributed by atoms with E-state index in [0.29, 0.717) is 24.9 Å². The van der Waals surface area contributed by atoms with Gasteiger partial charge in [-0.2, -0.15) is 0 Å². The first kappa shape index (κ1) is 26.7. The Labute approximate surface area is 217 Å². The number of amides is 2. The molecule has 0 spiro atoms. The van der Waals surface area contributed by atoms with Crippen molar-refractivity contribution in [3.05, 3.63) is 47.2 Å². The number of likely N-dealkylation sites (tertiary alicyclic amines) is 1. The molecule has 7 nitrogen and oxygen atoms in total. The molecule has 198 valence electrons. The molecule has 1 N–H and O–H groups in total. The van der Waals surface area contributed by atoms with Gasteiger partial charge in [-0.05, 0) is 56.2 Å². The fourth-order valence-corrected chi connectivity index (χ4v) is 6.30. The van der Waals surface area contributed by atoms with E-state index in [4.69, 9.17) is 0 Å². The number of carbonyl (C=O) groups excluding carboxylic acids is 2. The molecule has 3 atom stereocenters. The van der Waals surface area contributed by atoms with Gasteiger partial charge in [-0.3, -0.25) is 14.6 Å². The quantitative estimate of drug-likeness (QED) is 0.561. The van der Waals surface area contributed by atoms with Gasteiger partial charge < -0.3 is 15.1 Å². The Bertz CT molecular complexity index is 945. The lowest BCUT2D eigenvalue weighted by Crippen LogP contribution is -2.59. The van der Waals surface area contributed by atoms with Crippen LogP contribution in [-0.2, 0) is 17.8 Å². The van der Waals surface area contributed by atoms with E-state index in [1.54, 1.807) is 0 Å². The van der Waals surface area contributed by atoms with Crippen molar-refractivity contribution < 1.29 is 9.59 Å². The predicted molar refractivity (Wildman–Crippen MR) is 145 cm³/mol. The van der Waals surface area contributed by atoms with Gasteiger partial charge in [-0.25, -0.2) is 4.79 Å². The molecule has 0 bridgehead atoms. The SMILES string of the molecule is CCCN1C[C@@H](NC(=O)N(CC)CCN2CCc3ccccc3C2)C[C@@H]2CC(=O)C(=CN(C)C)C[C@H]21. The average molecular weight is 496 g/mol. The zero-order valence-corrected chi connectivity index (χ0v) is 22.7. The van der Waals surface area contributed by atoms with Gasteiger partial charge in [-0.15, -0.1) is 0 Å². The summed E-state index contributed by atoms with van der Waals surface area (Å²) < 4.78 is 0. The molecule has 1 aliphatic carbocycles. The Morgan fingerprint density at radius 3 is 2.64 bits per heavy atom. The molecule has 2 aliphatic heterocycles. The summed E-state index contributed by atoms with van der Waals surface area (Å²) in [5, 5.41) is 3.35. The summed E-state index contributed by atoms with van der Waals surface area (Å²) >= 11 is 0. The van der Waals surface area contributed by atoms with Crippen LogP contribution in [0.2, 0.25) is 0 Å². The van der Waals surface area contributed by atoms with Crippen LogP contribution in [0.5, 0.6) is 0 Å². The van der Waals surface area contributed by atoms with Crippen molar-refractivity contribution >= 4 is 11.8 Å². The minimum Gasteiger partial charge on any atom is -0.383 e. The minimum absolute atomic E-state index is 0.0325. The number of likely N-dealkylation sites (N-methyl/N-ethyl adjacent to an activating group) is 1. The van der Waals surface area contributed by atoms with Crippen molar-refractivity contribution in [1.82, 2.24) is 24.9 Å². The number of Topliss-reactive ketones (excluding diaryl/α,β-unsaturated/α-hetero) is 1. The molecule has 7 heteroatoms. The maximum absolute atomic E-state index is 13.3. The maximum Gasteiger partial charge on any atom is 0.317 e. The first-order valence-corrected chi connectivity index (χ1v) is 13.9. The molecule has 0 radical (unpaired) electrons. The number of rotatable bonds is 8. The van der Waals surface area contributed by atoms with E-state index in [9.17, 15) is 9.59 Å². The van der Waals surface area contributed by atoms with E-state index in [1.165, 1.54) is 11.1 Å². The predicted octanol–water partition coefficient (Wildman–Crippen LogP) is 3.35. The second-order valence-electron chi connectivity index (χ2n) is 11.0. The van der Waals surface area contributed by atoms with Gasteiger partial charge in [0.15, 0.2) is 5.78 Å². The van der Waals surface area contributed by atoms with Crippen molar-refractivity contribution in [3.63, 3.8) is 0 Å². The summed E-state index contributed by atoms with van der Waals surface area (Å²) in [4.78, 5) is 35.0. The monoisotopic (exact) mass is 495 g/mol. The Morgan fingerprint density at radius 2 is 1.92 bits per heavy atom. The zero-order chi connectivity index (χ0) is 25.7. The number of hydrogen-bond acceptors (Lipinski definition) is 5. The number of nitrogens with one attached hydrogen (secondary N) is 1. The molecule has 1 saturated heterocycles. The highest BCUT2D eigenvalue weighted by molar-refractivity contribution is 5.96. The molecule has 0 unspecified atom stereocenters. The van der Waals surface area contributed by atoms with Crippen LogP contribution in [0.25, 0.3) is 0 Å². The smallest absolute Gasteiger partial charge is 0.317 e. The number of hydrogen-bond donors (Lipinski definition) is 1. The number of carbonyl (C=O) groups is 2. The highest BCUT2D eigenvalue weighted by Gasteiger charge is 2.41. The van der Waals surface area contributed by atoms with E-state index >= 15 is 0 Å². The van der Waals surface area contributed by atoms with E-state index in [1.807, 2.05) is 30.1 Å². The summed E-state index contributed by atoms with van der Waals surface area (Å²) in [5.74, 6) is 0.581. The highest BCUT2D eigenvalue weighted by Crippen LogP contribution is 2.36. The van der Waals surface area contributed by atoms with Gasteiger partial charge in [0.05, 0.1) is 0 Å². The van der Waals surface area contributed by atoms with Crippen LogP contribution in [0.4, 0.5) is 4.79 Å². The minimum atomic E-state index is 0.0325. The lowest BCUT2D eigenvalue weighted by atomic mass is 9.74. The van der Waals surface area contributed by atoms with E-state index in [-0.39, 0.29) is 17.9 Å². The zero-order valence-electron chi connectivity index (χ0n) is 22.7. The van der Waals surface area contributed by atoms with E-state index < -0.39 is 0 Å². The summed E-state index contributed by atoms with van der Waals surface area (Å²) in [7, 11) is 3.96. The first-order chi connectivity index (χ1) is 17.4. The molecule has 1 aromatic carbocycles. The molecule has 1 aromatic rings. The van der Waals surface area contributed by atoms with Crippen molar-refractivity contribution in [2.45, 2.75) is 64.6 Å². The van der Waals surface area contributed by atoms with Crippen molar-refractivity contribution in [1.29, 1.82) is 0 Å². The molecule has 0 aromatic heterocycles. The number of nitrogens with zero attached hydrogens (tertiary/aromatic N) is 4. The van der Waals surface area contributed by atoms with Crippen LogP contribution in [-0.4, -0.2) is 96.9 Å². The van der Waals surface area contributed by atoms with Crippen molar-refractivity contribution in [2.75, 3.05) is 53.4 Å². The Balaban J connectivity index is 1.33. The molecule has 1 saturated carbocycles. The van der Waals surface area contributed by atoms with Gasteiger partial charge in [0, 0.05) is 83.6 Å². The second-order valence-corrected chi connectivity index (χ2v) is 11.0. The van der Waals surface area contributed by atoms with Gasteiger partial charge in [0.2, 0.25) is 0 Å². The molecule has 4 rings (SSSR count). The van der Waals surface area contributed by atoms with Crippen LogP contribution >= 0.6 is 0 Å². The number of urea groups is 1. The molecule has 2 fully saturated rings. The van der Waals surface area contributed by atoms with Crippen LogP contribution in [0, 0.1) is 5.92 Å². The number of piperidine rings is 1. The Morgan fingerprint density at radius 1 is 1.14 bits per heavy atom.